The summed E-state index contributed by atoms with van der Waals surface area (Å²) < 4.78 is 1.84. The summed E-state index contributed by atoms with van der Waals surface area (Å²) in [6.07, 6.45) is 6.24. The van der Waals surface area contributed by atoms with Crippen molar-refractivity contribution >= 4 is 5.82 Å². The maximum Gasteiger partial charge on any atom is 0.129 e. The normalized spacial score (nSPS) is 10.4. The maximum absolute atomic E-state index is 4.39. The molecule has 5 nitrogen and oxygen atoms in total. The first-order chi connectivity index (χ1) is 7.79. The number of nitrogens with zero attached hydrogens (tertiary/aromatic N) is 4. The van der Waals surface area contributed by atoms with E-state index in [1.54, 1.807) is 6.20 Å². The van der Waals surface area contributed by atoms with Crippen molar-refractivity contribution in [2.24, 2.45) is 7.05 Å². The van der Waals surface area contributed by atoms with E-state index in [2.05, 4.69) is 27.3 Å². The predicted octanol–water partition coefficient (Wildman–Crippen LogP) is 1.38. The Morgan fingerprint density at radius 1 is 1.44 bits per heavy atom. The molecule has 2 rings (SSSR count). The van der Waals surface area contributed by atoms with Crippen LogP contribution in [0.5, 0.6) is 0 Å². The molecule has 0 bridgehead atoms. The fourth-order valence-electron chi connectivity index (χ4n) is 1.61. The average molecular weight is 217 g/mol. The van der Waals surface area contributed by atoms with Crippen LogP contribution in [-0.4, -0.2) is 19.7 Å². The topological polar surface area (TPSA) is 55.6 Å². The number of aryl methyl sites for hydroxylation is 2. The third kappa shape index (κ3) is 2.36. The quantitative estimate of drug-likeness (QED) is 0.840. The van der Waals surface area contributed by atoms with Gasteiger partial charge in [0.1, 0.15) is 12.1 Å². The minimum absolute atomic E-state index is 0.744. The van der Waals surface area contributed by atoms with Crippen molar-refractivity contribution in [2.45, 2.75) is 19.9 Å². The highest BCUT2D eigenvalue weighted by atomic mass is 15.3. The van der Waals surface area contributed by atoms with Crippen LogP contribution in [0.4, 0.5) is 5.82 Å². The first-order valence-corrected chi connectivity index (χ1v) is 5.31. The van der Waals surface area contributed by atoms with Crippen molar-refractivity contribution in [2.75, 3.05) is 5.32 Å². The Kier molecular flexibility index (Phi) is 3.14. The fraction of sp³-hybridized carbons (Fsp3) is 0.364. The van der Waals surface area contributed by atoms with Crippen LogP contribution >= 0.6 is 0 Å². The molecule has 16 heavy (non-hydrogen) atoms. The molecule has 0 saturated heterocycles. The molecule has 2 heterocycles. The molecule has 5 heteroatoms. The first-order valence-electron chi connectivity index (χ1n) is 5.31. The van der Waals surface area contributed by atoms with Gasteiger partial charge in [0, 0.05) is 31.5 Å². The molecule has 0 saturated carbocycles. The largest absolute Gasteiger partial charge is 0.366 e. The summed E-state index contributed by atoms with van der Waals surface area (Å²) in [6, 6.07) is 1.85. The third-order valence-corrected chi connectivity index (χ3v) is 2.37. The van der Waals surface area contributed by atoms with E-state index in [0.29, 0.717) is 0 Å². The summed E-state index contributed by atoms with van der Waals surface area (Å²) in [5.74, 6) is 0.834. The molecule has 0 amide bonds. The van der Waals surface area contributed by atoms with Crippen LogP contribution in [0.15, 0.2) is 24.8 Å². The molecule has 0 aromatic carbocycles. The molecule has 2 aromatic heterocycles. The van der Waals surface area contributed by atoms with Crippen LogP contribution < -0.4 is 5.32 Å². The van der Waals surface area contributed by atoms with Gasteiger partial charge in [-0.05, 0) is 12.5 Å². The second kappa shape index (κ2) is 4.74. The average Bonchev–Trinajstić information content (AvgIpc) is 2.68. The summed E-state index contributed by atoms with van der Waals surface area (Å²) in [4.78, 5) is 7.98. The second-order valence-corrected chi connectivity index (χ2v) is 3.58. The molecule has 84 valence electrons. The molecule has 1 N–H and O–H groups in total. The molecule has 0 aliphatic carbocycles. The summed E-state index contributed by atoms with van der Waals surface area (Å²) in [6.45, 7) is 2.85. The molecule has 0 radical (unpaired) electrons. The highest BCUT2D eigenvalue weighted by Gasteiger charge is 2.05. The SMILES string of the molecule is CCc1nn(C)cc1CNc1ccncn1. The molecular formula is C11H15N5. The minimum Gasteiger partial charge on any atom is -0.366 e. The summed E-state index contributed by atoms with van der Waals surface area (Å²) in [5, 5.41) is 7.63. The minimum atomic E-state index is 0.744. The van der Waals surface area contributed by atoms with E-state index in [0.717, 1.165) is 24.5 Å². The summed E-state index contributed by atoms with van der Waals surface area (Å²) in [7, 11) is 1.94. The number of nitrogens with one attached hydrogen (secondary N) is 1. The van der Waals surface area contributed by atoms with Gasteiger partial charge in [0.05, 0.1) is 5.69 Å². The Morgan fingerprint density at radius 2 is 2.31 bits per heavy atom. The Morgan fingerprint density at radius 3 is 3.00 bits per heavy atom. The van der Waals surface area contributed by atoms with E-state index >= 15 is 0 Å². The molecular weight excluding hydrogens is 202 g/mol. The Bertz CT molecular complexity index is 449. The van der Waals surface area contributed by atoms with Crippen LogP contribution in [0.25, 0.3) is 0 Å². The highest BCUT2D eigenvalue weighted by Crippen LogP contribution is 2.09. The van der Waals surface area contributed by atoms with Crippen molar-refractivity contribution in [1.82, 2.24) is 19.7 Å². The van der Waals surface area contributed by atoms with Crippen molar-refractivity contribution < 1.29 is 0 Å². The van der Waals surface area contributed by atoms with E-state index in [-0.39, 0.29) is 0 Å². The van der Waals surface area contributed by atoms with Crippen LogP contribution in [0.3, 0.4) is 0 Å². The molecule has 0 unspecified atom stereocenters. The van der Waals surface area contributed by atoms with Gasteiger partial charge in [-0.2, -0.15) is 5.10 Å². The van der Waals surface area contributed by atoms with Gasteiger partial charge in [0.25, 0.3) is 0 Å². The van der Waals surface area contributed by atoms with E-state index in [9.17, 15) is 0 Å². The van der Waals surface area contributed by atoms with Gasteiger partial charge < -0.3 is 5.32 Å². The van der Waals surface area contributed by atoms with Crippen molar-refractivity contribution in [3.8, 4) is 0 Å². The smallest absolute Gasteiger partial charge is 0.129 e. The van der Waals surface area contributed by atoms with Crippen molar-refractivity contribution in [3.63, 3.8) is 0 Å². The molecule has 0 fully saturated rings. The molecule has 2 aromatic rings. The van der Waals surface area contributed by atoms with Crippen molar-refractivity contribution in [3.05, 3.63) is 36.0 Å². The lowest BCUT2D eigenvalue weighted by molar-refractivity contribution is 0.746. The number of hydrogen-bond acceptors (Lipinski definition) is 4. The number of hydrogen-bond donors (Lipinski definition) is 1. The van der Waals surface area contributed by atoms with E-state index < -0.39 is 0 Å². The lowest BCUT2D eigenvalue weighted by Crippen LogP contribution is -2.02. The number of aromatic nitrogens is 4. The lowest BCUT2D eigenvalue weighted by Gasteiger charge is -2.03. The Hall–Kier alpha value is -1.91. The second-order valence-electron chi connectivity index (χ2n) is 3.58. The maximum atomic E-state index is 4.39. The lowest BCUT2D eigenvalue weighted by atomic mass is 10.2. The van der Waals surface area contributed by atoms with Crippen LogP contribution in [0.1, 0.15) is 18.2 Å². The summed E-state index contributed by atoms with van der Waals surface area (Å²) >= 11 is 0. The highest BCUT2D eigenvalue weighted by molar-refractivity contribution is 5.33. The summed E-state index contributed by atoms with van der Waals surface area (Å²) in [5.41, 5.74) is 2.34. The zero-order chi connectivity index (χ0) is 11.4. The molecule has 0 atom stereocenters. The van der Waals surface area contributed by atoms with Crippen LogP contribution in [0.2, 0.25) is 0 Å². The van der Waals surface area contributed by atoms with Gasteiger partial charge in [0.15, 0.2) is 0 Å². The fourth-order valence-corrected chi connectivity index (χ4v) is 1.61. The van der Waals surface area contributed by atoms with Crippen LogP contribution in [0, 0.1) is 0 Å². The Labute approximate surface area is 94.5 Å². The van der Waals surface area contributed by atoms with Crippen molar-refractivity contribution in [1.29, 1.82) is 0 Å². The van der Waals surface area contributed by atoms with Crippen LogP contribution in [-0.2, 0) is 20.0 Å². The van der Waals surface area contributed by atoms with Gasteiger partial charge in [-0.1, -0.05) is 6.92 Å². The zero-order valence-electron chi connectivity index (χ0n) is 9.51. The monoisotopic (exact) mass is 217 g/mol. The van der Waals surface area contributed by atoms with Gasteiger partial charge in [-0.3, -0.25) is 4.68 Å². The molecule has 0 aliphatic rings. The zero-order valence-corrected chi connectivity index (χ0v) is 9.51. The van der Waals surface area contributed by atoms with Gasteiger partial charge in [0.2, 0.25) is 0 Å². The van der Waals surface area contributed by atoms with Gasteiger partial charge in [-0.25, -0.2) is 9.97 Å². The first kappa shape index (κ1) is 10.6. The van der Waals surface area contributed by atoms with E-state index in [1.807, 2.05) is 24.0 Å². The predicted molar refractivity (Wildman–Crippen MR) is 61.9 cm³/mol. The van der Waals surface area contributed by atoms with Gasteiger partial charge >= 0.3 is 0 Å². The van der Waals surface area contributed by atoms with Gasteiger partial charge in [-0.15, -0.1) is 0 Å². The molecule has 0 spiro atoms. The van der Waals surface area contributed by atoms with E-state index in [1.165, 1.54) is 11.9 Å². The number of rotatable bonds is 4. The standard InChI is InChI=1S/C11H15N5/c1-3-10-9(7-16(2)15-10)6-13-11-4-5-12-8-14-11/h4-5,7-8H,3,6H2,1-2H3,(H,12,13,14). The Balaban J connectivity index is 2.04. The molecule has 0 aliphatic heterocycles. The third-order valence-electron chi connectivity index (χ3n) is 2.37. The number of anilines is 1. The van der Waals surface area contributed by atoms with E-state index in [4.69, 9.17) is 0 Å².